The Morgan fingerprint density at radius 2 is 1.80 bits per heavy atom. The number of carbonyl (C=O) groups is 2. The van der Waals surface area contributed by atoms with E-state index >= 15 is 0 Å². The second-order valence-electron chi connectivity index (χ2n) is 6.93. The number of likely N-dealkylation sites (N-methyl/N-ethyl adjacent to an activating group) is 1. The average Bonchev–Trinajstić information content (AvgIpc) is 3.06. The Labute approximate surface area is 185 Å². The van der Waals surface area contributed by atoms with E-state index in [2.05, 4.69) is 10.2 Å². The molecule has 3 N–H and O–H groups in total. The van der Waals surface area contributed by atoms with Crippen LogP contribution in [0.5, 0.6) is 11.5 Å². The lowest BCUT2D eigenvalue weighted by Crippen LogP contribution is -2.27. The first-order chi connectivity index (χ1) is 14.0. The number of para-hydroxylation sites is 2. The van der Waals surface area contributed by atoms with E-state index in [4.69, 9.17) is 10.5 Å². The van der Waals surface area contributed by atoms with Crippen LogP contribution in [0.4, 0.5) is 5.00 Å². The number of primary amides is 1. The molecule has 0 spiro atoms. The maximum absolute atomic E-state index is 13.0. The summed E-state index contributed by atoms with van der Waals surface area (Å²) in [6.07, 6.45) is 0.740. The van der Waals surface area contributed by atoms with Gasteiger partial charge in [0, 0.05) is 18.0 Å². The second-order valence-corrected chi connectivity index (χ2v) is 8.03. The first kappa shape index (κ1) is 21.8. The molecule has 2 amide bonds. The van der Waals surface area contributed by atoms with Crippen molar-refractivity contribution in [1.82, 2.24) is 4.90 Å². The maximum Gasteiger partial charge on any atom is 0.260 e. The third-order valence-corrected chi connectivity index (χ3v) is 5.96. The molecule has 156 valence electrons. The molecule has 4 rings (SSSR count). The number of hydrogen-bond acceptors (Lipinski definition) is 5. The molecule has 8 heteroatoms. The molecule has 2 heterocycles. The van der Waals surface area contributed by atoms with Crippen LogP contribution in [0.25, 0.3) is 0 Å². The van der Waals surface area contributed by atoms with Gasteiger partial charge in [-0.1, -0.05) is 30.3 Å². The molecule has 0 fully saturated rings. The second kappa shape index (κ2) is 9.30. The highest BCUT2D eigenvalue weighted by Crippen LogP contribution is 2.37. The van der Waals surface area contributed by atoms with Gasteiger partial charge in [0.2, 0.25) is 0 Å². The highest BCUT2D eigenvalue weighted by Gasteiger charge is 2.27. The number of benzene rings is 2. The minimum Gasteiger partial charge on any atom is -0.457 e. The lowest BCUT2D eigenvalue weighted by molar-refractivity contribution is 0.1000. The quantitative estimate of drug-likeness (QED) is 0.615. The summed E-state index contributed by atoms with van der Waals surface area (Å²) in [4.78, 5) is 28.4. The Morgan fingerprint density at radius 3 is 2.53 bits per heavy atom. The van der Waals surface area contributed by atoms with E-state index in [9.17, 15) is 9.59 Å². The van der Waals surface area contributed by atoms with Crippen molar-refractivity contribution in [1.29, 1.82) is 0 Å². The van der Waals surface area contributed by atoms with E-state index in [1.54, 1.807) is 18.2 Å². The van der Waals surface area contributed by atoms with Crippen LogP contribution in [-0.2, 0) is 13.0 Å². The van der Waals surface area contributed by atoms with E-state index in [1.807, 2.05) is 43.4 Å². The Hall–Kier alpha value is -2.87. The number of nitrogens with zero attached hydrogens (tertiary/aromatic N) is 1. The van der Waals surface area contributed by atoms with Crippen molar-refractivity contribution in [3.63, 3.8) is 0 Å². The Bertz CT molecular complexity index is 1070. The SMILES string of the molecule is CN1CCc2c(sc(NC(=O)c3ccccc3Oc3ccccc3)c2C(N)=O)C1.Cl. The van der Waals surface area contributed by atoms with Crippen LogP contribution in [0.2, 0.25) is 0 Å². The zero-order valence-corrected chi connectivity index (χ0v) is 18.0. The largest absolute Gasteiger partial charge is 0.457 e. The zero-order valence-electron chi connectivity index (χ0n) is 16.4. The van der Waals surface area contributed by atoms with Crippen LogP contribution in [0.3, 0.4) is 0 Å². The predicted molar refractivity (Wildman–Crippen MR) is 121 cm³/mol. The van der Waals surface area contributed by atoms with Crippen LogP contribution < -0.4 is 15.8 Å². The monoisotopic (exact) mass is 443 g/mol. The molecule has 0 aliphatic carbocycles. The lowest BCUT2D eigenvalue weighted by Gasteiger charge is -2.22. The van der Waals surface area contributed by atoms with Gasteiger partial charge in [0.15, 0.2) is 0 Å². The van der Waals surface area contributed by atoms with Gasteiger partial charge in [-0.15, -0.1) is 23.7 Å². The smallest absolute Gasteiger partial charge is 0.260 e. The van der Waals surface area contributed by atoms with Gasteiger partial charge in [-0.05, 0) is 43.3 Å². The molecule has 2 aromatic carbocycles. The minimum absolute atomic E-state index is 0. The summed E-state index contributed by atoms with van der Waals surface area (Å²) in [6.45, 7) is 1.59. The van der Waals surface area contributed by atoms with E-state index in [0.717, 1.165) is 30.0 Å². The molecule has 3 aromatic rings. The number of ether oxygens (including phenoxy) is 1. The van der Waals surface area contributed by atoms with Gasteiger partial charge in [-0.2, -0.15) is 0 Å². The first-order valence-corrected chi connectivity index (χ1v) is 10.1. The van der Waals surface area contributed by atoms with Crippen LogP contribution in [-0.4, -0.2) is 30.3 Å². The van der Waals surface area contributed by atoms with E-state index < -0.39 is 5.91 Å². The fraction of sp³-hybridized carbons (Fsp3) is 0.182. The van der Waals surface area contributed by atoms with Gasteiger partial charge in [0.25, 0.3) is 11.8 Å². The number of amides is 2. The van der Waals surface area contributed by atoms with Gasteiger partial charge in [-0.25, -0.2) is 0 Å². The summed E-state index contributed by atoms with van der Waals surface area (Å²) in [5.74, 6) is 0.222. The van der Waals surface area contributed by atoms with Crippen molar-refractivity contribution in [3.05, 3.63) is 76.2 Å². The highest BCUT2D eigenvalue weighted by atomic mass is 35.5. The van der Waals surface area contributed by atoms with Gasteiger partial charge < -0.3 is 20.7 Å². The van der Waals surface area contributed by atoms with Crippen molar-refractivity contribution in [3.8, 4) is 11.5 Å². The maximum atomic E-state index is 13.0. The molecular formula is C22H22ClN3O3S. The van der Waals surface area contributed by atoms with Crippen LogP contribution in [0.1, 0.15) is 31.2 Å². The number of hydrogen-bond donors (Lipinski definition) is 2. The standard InChI is InChI=1S/C22H21N3O3S.ClH/c1-25-12-11-16-18(13-25)29-22(19(16)20(23)26)24-21(27)15-9-5-6-10-17(15)28-14-7-3-2-4-8-14;/h2-10H,11-13H2,1H3,(H2,23,26)(H,24,27);1H. The van der Waals surface area contributed by atoms with Crippen molar-refractivity contribution in [2.75, 3.05) is 18.9 Å². The van der Waals surface area contributed by atoms with Crippen molar-refractivity contribution in [2.24, 2.45) is 5.73 Å². The number of nitrogens with two attached hydrogens (primary N) is 1. The summed E-state index contributed by atoms with van der Waals surface area (Å²) in [6, 6.07) is 16.3. The van der Waals surface area contributed by atoms with E-state index in [1.165, 1.54) is 11.3 Å². The van der Waals surface area contributed by atoms with Crippen molar-refractivity contribution < 1.29 is 14.3 Å². The third kappa shape index (κ3) is 4.48. The summed E-state index contributed by atoms with van der Waals surface area (Å²) in [5, 5.41) is 3.38. The van der Waals surface area contributed by atoms with Gasteiger partial charge >= 0.3 is 0 Å². The zero-order chi connectivity index (χ0) is 20.4. The number of thiophene rings is 1. The first-order valence-electron chi connectivity index (χ1n) is 9.29. The molecule has 0 atom stereocenters. The summed E-state index contributed by atoms with van der Waals surface area (Å²) in [7, 11) is 2.03. The number of anilines is 1. The fourth-order valence-corrected chi connectivity index (χ4v) is 4.74. The molecule has 0 radical (unpaired) electrons. The number of carbonyl (C=O) groups excluding carboxylic acids is 2. The Balaban J connectivity index is 0.00000256. The number of halogens is 1. The minimum atomic E-state index is -0.517. The van der Waals surface area contributed by atoms with Crippen LogP contribution >= 0.6 is 23.7 Å². The summed E-state index contributed by atoms with van der Waals surface area (Å²) < 4.78 is 5.89. The van der Waals surface area contributed by atoms with E-state index in [-0.39, 0.29) is 18.3 Å². The van der Waals surface area contributed by atoms with Gasteiger partial charge in [-0.3, -0.25) is 9.59 Å². The molecule has 1 aromatic heterocycles. The van der Waals surface area contributed by atoms with E-state index in [0.29, 0.717) is 27.6 Å². The summed E-state index contributed by atoms with van der Waals surface area (Å²) >= 11 is 1.41. The molecule has 1 aliphatic rings. The van der Waals surface area contributed by atoms with Crippen LogP contribution in [0.15, 0.2) is 54.6 Å². The lowest BCUT2D eigenvalue weighted by atomic mass is 10.0. The highest BCUT2D eigenvalue weighted by molar-refractivity contribution is 7.17. The normalized spacial score (nSPS) is 13.1. The summed E-state index contributed by atoms with van der Waals surface area (Å²) in [5.41, 5.74) is 7.40. The topological polar surface area (TPSA) is 84.7 Å². The fourth-order valence-electron chi connectivity index (χ4n) is 3.41. The molecule has 0 saturated heterocycles. The van der Waals surface area contributed by atoms with Gasteiger partial charge in [0.1, 0.15) is 16.5 Å². The number of nitrogens with one attached hydrogen (secondary N) is 1. The average molecular weight is 444 g/mol. The molecule has 1 aliphatic heterocycles. The van der Waals surface area contributed by atoms with Gasteiger partial charge in [0.05, 0.1) is 11.1 Å². The van der Waals surface area contributed by atoms with Crippen LogP contribution in [0, 0.1) is 0 Å². The predicted octanol–water partition coefficient (Wildman–Crippen LogP) is 4.30. The number of fused-ring (bicyclic) bond motifs is 1. The third-order valence-electron chi connectivity index (χ3n) is 4.82. The Morgan fingerprint density at radius 1 is 1.10 bits per heavy atom. The van der Waals surface area contributed by atoms with Crippen molar-refractivity contribution in [2.45, 2.75) is 13.0 Å². The molecule has 0 saturated carbocycles. The molecule has 6 nitrogen and oxygen atoms in total. The molecule has 30 heavy (non-hydrogen) atoms. The number of rotatable bonds is 5. The molecular weight excluding hydrogens is 422 g/mol. The molecule has 0 unspecified atom stereocenters. The van der Waals surface area contributed by atoms with Crippen molar-refractivity contribution >= 4 is 40.6 Å². The molecule has 0 bridgehead atoms. The Kier molecular flexibility index (Phi) is 6.77.